The lowest BCUT2D eigenvalue weighted by molar-refractivity contribution is 0.0956. The van der Waals surface area contributed by atoms with Gasteiger partial charge in [-0.15, -0.1) is 0 Å². The van der Waals surface area contributed by atoms with Crippen LogP contribution >= 0.6 is 11.6 Å². The lowest BCUT2D eigenvalue weighted by Gasteiger charge is -2.33. The quantitative estimate of drug-likeness (QED) is 0.876. The number of hydrogen-bond donors (Lipinski definition) is 1. The van der Waals surface area contributed by atoms with Crippen molar-refractivity contribution in [1.29, 1.82) is 0 Å². The predicted octanol–water partition coefficient (Wildman–Crippen LogP) is 4.65. The Kier molecular flexibility index (Phi) is 4.64. The molecule has 0 atom stereocenters. The van der Waals surface area contributed by atoms with Gasteiger partial charge in [0.05, 0.1) is 6.54 Å². The first kappa shape index (κ1) is 15.6. The Labute approximate surface area is 119 Å². The number of nitrogens with zero attached hydrogens (tertiary/aromatic N) is 1. The Hall–Kier alpha value is -1.48. The van der Waals surface area contributed by atoms with E-state index >= 15 is 0 Å². The first-order chi connectivity index (χ1) is 8.62. The fourth-order valence-corrected chi connectivity index (χ4v) is 1.94. The van der Waals surface area contributed by atoms with Crippen LogP contribution in [0.4, 0.5) is 4.79 Å². The average molecular weight is 282 g/mol. The molecule has 1 rings (SSSR count). The molecule has 0 bridgehead atoms. The van der Waals surface area contributed by atoms with E-state index in [4.69, 9.17) is 11.6 Å². The van der Waals surface area contributed by atoms with E-state index in [0.717, 1.165) is 16.7 Å². The highest BCUT2D eigenvalue weighted by atomic mass is 35.5. The molecule has 0 aliphatic carbocycles. The topological polar surface area (TPSA) is 40.5 Å². The van der Waals surface area contributed by atoms with E-state index in [1.807, 2.05) is 45.9 Å². The molecule has 0 radical (unpaired) electrons. The molecule has 3 nitrogen and oxygen atoms in total. The molecular weight excluding hydrogens is 262 g/mol. The maximum Gasteiger partial charge on any atom is 0.408 e. The van der Waals surface area contributed by atoms with E-state index in [1.165, 1.54) is 4.90 Å². The summed E-state index contributed by atoms with van der Waals surface area (Å²) in [4.78, 5) is 12.7. The second-order valence-corrected chi connectivity index (χ2v) is 6.03. The van der Waals surface area contributed by atoms with Crippen LogP contribution in [0.25, 0.3) is 5.57 Å². The van der Waals surface area contributed by atoms with Gasteiger partial charge in [0.15, 0.2) is 0 Å². The maximum absolute atomic E-state index is 11.3. The largest absolute Gasteiger partial charge is 0.465 e. The summed E-state index contributed by atoms with van der Waals surface area (Å²) in [6.45, 7) is 11.6. The number of carbonyl (C=O) groups is 1. The van der Waals surface area contributed by atoms with Gasteiger partial charge in [-0.25, -0.2) is 4.79 Å². The Morgan fingerprint density at radius 1 is 1.42 bits per heavy atom. The minimum atomic E-state index is -0.951. The van der Waals surface area contributed by atoms with Crippen LogP contribution in [-0.2, 0) is 6.54 Å². The van der Waals surface area contributed by atoms with E-state index in [0.29, 0.717) is 5.02 Å². The van der Waals surface area contributed by atoms with Crippen molar-refractivity contribution in [3.8, 4) is 0 Å². The van der Waals surface area contributed by atoms with E-state index in [1.54, 1.807) is 0 Å². The monoisotopic (exact) mass is 281 g/mol. The van der Waals surface area contributed by atoms with Crippen molar-refractivity contribution >= 4 is 23.3 Å². The zero-order valence-electron chi connectivity index (χ0n) is 11.8. The molecular formula is C15H20ClNO2. The lowest BCUT2D eigenvalue weighted by Crippen LogP contribution is -2.44. The van der Waals surface area contributed by atoms with Crippen molar-refractivity contribution < 1.29 is 9.90 Å². The molecule has 0 saturated heterocycles. The van der Waals surface area contributed by atoms with Gasteiger partial charge in [-0.2, -0.15) is 0 Å². The highest BCUT2D eigenvalue weighted by Crippen LogP contribution is 2.25. The molecule has 0 aliphatic heterocycles. The van der Waals surface area contributed by atoms with Crippen LogP contribution in [0.2, 0.25) is 5.02 Å². The first-order valence-corrected chi connectivity index (χ1v) is 6.45. The molecule has 0 spiro atoms. The smallest absolute Gasteiger partial charge is 0.408 e. The van der Waals surface area contributed by atoms with Crippen LogP contribution in [0.5, 0.6) is 0 Å². The van der Waals surface area contributed by atoms with Gasteiger partial charge in [-0.3, -0.25) is 4.90 Å². The highest BCUT2D eigenvalue weighted by Gasteiger charge is 2.26. The van der Waals surface area contributed by atoms with E-state index in [2.05, 4.69) is 6.58 Å². The molecule has 1 aromatic rings. The van der Waals surface area contributed by atoms with Gasteiger partial charge in [-0.05, 0) is 44.9 Å². The van der Waals surface area contributed by atoms with Gasteiger partial charge in [0, 0.05) is 10.6 Å². The molecule has 0 fully saturated rings. The number of benzene rings is 1. The standard InChI is InChI=1S/C15H20ClNO2/c1-10(2)11-6-7-12(13(16)8-11)9-17(14(18)19)15(3,4)5/h6-8H,1,9H2,2-5H3,(H,18,19). The van der Waals surface area contributed by atoms with Crippen molar-refractivity contribution in [3.05, 3.63) is 40.9 Å². The average Bonchev–Trinajstić information content (AvgIpc) is 2.24. The Morgan fingerprint density at radius 2 is 2.00 bits per heavy atom. The number of allylic oxidation sites excluding steroid dienone is 1. The van der Waals surface area contributed by atoms with E-state index in [9.17, 15) is 9.90 Å². The van der Waals surface area contributed by atoms with Crippen LogP contribution in [0.15, 0.2) is 24.8 Å². The lowest BCUT2D eigenvalue weighted by atomic mass is 10.0. The number of hydrogen-bond acceptors (Lipinski definition) is 1. The third-order valence-electron chi connectivity index (χ3n) is 2.91. The number of halogens is 1. The summed E-state index contributed by atoms with van der Waals surface area (Å²) >= 11 is 6.21. The predicted molar refractivity (Wildman–Crippen MR) is 79.5 cm³/mol. The summed E-state index contributed by atoms with van der Waals surface area (Å²) in [5, 5.41) is 9.84. The van der Waals surface area contributed by atoms with Gasteiger partial charge in [0.1, 0.15) is 0 Å². The summed E-state index contributed by atoms with van der Waals surface area (Å²) < 4.78 is 0. The SMILES string of the molecule is C=C(C)c1ccc(CN(C(=O)O)C(C)(C)C)c(Cl)c1. The van der Waals surface area contributed by atoms with Crippen molar-refractivity contribution in [1.82, 2.24) is 4.90 Å². The molecule has 1 N–H and O–H groups in total. The molecule has 0 saturated carbocycles. The zero-order valence-corrected chi connectivity index (χ0v) is 12.6. The molecule has 0 unspecified atom stereocenters. The van der Waals surface area contributed by atoms with Gasteiger partial charge >= 0.3 is 6.09 Å². The fourth-order valence-electron chi connectivity index (χ4n) is 1.70. The summed E-state index contributed by atoms with van der Waals surface area (Å²) in [5.74, 6) is 0. The van der Waals surface area contributed by atoms with Crippen LogP contribution in [-0.4, -0.2) is 21.6 Å². The van der Waals surface area contributed by atoms with Crippen LogP contribution in [0, 0.1) is 0 Å². The minimum Gasteiger partial charge on any atom is -0.465 e. The molecule has 1 amide bonds. The number of amides is 1. The summed E-state index contributed by atoms with van der Waals surface area (Å²) in [6.07, 6.45) is -0.951. The van der Waals surface area contributed by atoms with Gasteiger partial charge in [0.2, 0.25) is 0 Å². The number of rotatable bonds is 3. The van der Waals surface area contributed by atoms with E-state index in [-0.39, 0.29) is 6.54 Å². The molecule has 0 heterocycles. The molecule has 19 heavy (non-hydrogen) atoms. The second-order valence-electron chi connectivity index (χ2n) is 5.63. The fraction of sp³-hybridized carbons (Fsp3) is 0.400. The Morgan fingerprint density at radius 3 is 2.37 bits per heavy atom. The molecule has 0 aliphatic rings. The zero-order chi connectivity index (χ0) is 14.8. The third kappa shape index (κ3) is 4.00. The Bertz CT molecular complexity index is 503. The summed E-state index contributed by atoms with van der Waals surface area (Å²) in [7, 11) is 0. The van der Waals surface area contributed by atoms with Gasteiger partial charge in [-0.1, -0.05) is 35.9 Å². The third-order valence-corrected chi connectivity index (χ3v) is 3.27. The van der Waals surface area contributed by atoms with Crippen molar-refractivity contribution in [2.45, 2.75) is 39.8 Å². The molecule has 0 aromatic heterocycles. The van der Waals surface area contributed by atoms with Gasteiger partial charge in [0.25, 0.3) is 0 Å². The van der Waals surface area contributed by atoms with Crippen molar-refractivity contribution in [2.24, 2.45) is 0 Å². The molecule has 104 valence electrons. The van der Waals surface area contributed by atoms with Crippen LogP contribution in [0.1, 0.15) is 38.8 Å². The molecule has 1 aromatic carbocycles. The summed E-state index contributed by atoms with van der Waals surface area (Å²) in [6, 6.07) is 5.59. The van der Waals surface area contributed by atoms with E-state index < -0.39 is 11.6 Å². The first-order valence-electron chi connectivity index (χ1n) is 6.08. The summed E-state index contributed by atoms with van der Waals surface area (Å²) in [5.41, 5.74) is 2.22. The normalized spacial score (nSPS) is 11.2. The molecule has 4 heteroatoms. The number of carboxylic acid groups (broad SMARTS) is 1. The van der Waals surface area contributed by atoms with Gasteiger partial charge < -0.3 is 5.11 Å². The van der Waals surface area contributed by atoms with Crippen LogP contribution < -0.4 is 0 Å². The second kappa shape index (κ2) is 5.66. The van der Waals surface area contributed by atoms with Crippen LogP contribution in [0.3, 0.4) is 0 Å². The minimum absolute atomic E-state index is 0.272. The highest BCUT2D eigenvalue weighted by molar-refractivity contribution is 6.31. The maximum atomic E-state index is 11.3. The van der Waals surface area contributed by atoms with Crippen molar-refractivity contribution in [3.63, 3.8) is 0 Å². The van der Waals surface area contributed by atoms with Crippen molar-refractivity contribution in [2.75, 3.05) is 0 Å². The Balaban J connectivity index is 3.05.